The van der Waals surface area contributed by atoms with Crippen molar-refractivity contribution in [3.8, 4) is 0 Å². The Morgan fingerprint density at radius 1 is 1.10 bits per heavy atom. The number of ketones is 2. The molecular weight excluding hydrogens is 314 g/mol. The number of Topliss-reactive ketones (excluding diaryl/α,β-unsaturated/α-hetero) is 2. The summed E-state index contributed by atoms with van der Waals surface area (Å²) >= 11 is 11.6. The lowest BCUT2D eigenvalue weighted by atomic mass is 10.0. The van der Waals surface area contributed by atoms with Gasteiger partial charge in [-0.3, -0.25) is 9.59 Å². The Bertz CT molecular complexity index is 515. The van der Waals surface area contributed by atoms with Crippen molar-refractivity contribution in [2.75, 3.05) is 0 Å². The average Bonchev–Trinajstić information content (AvgIpc) is 2.43. The van der Waals surface area contributed by atoms with Crippen LogP contribution in [0, 0.1) is 5.82 Å². The van der Waals surface area contributed by atoms with Crippen LogP contribution < -0.4 is 0 Å². The average molecular weight is 333 g/mol. The second-order valence-corrected chi connectivity index (χ2v) is 5.81. The Hall–Kier alpha value is -0.930. The molecule has 0 fully saturated rings. The van der Waals surface area contributed by atoms with E-state index in [-0.39, 0.29) is 27.8 Å². The highest BCUT2D eigenvalue weighted by atomic mass is 35.5. The number of halogens is 3. The number of unbranched alkanes of at least 4 members (excludes halogenated alkanes) is 4. The van der Waals surface area contributed by atoms with E-state index in [1.54, 1.807) is 0 Å². The van der Waals surface area contributed by atoms with Gasteiger partial charge in [-0.05, 0) is 18.6 Å². The summed E-state index contributed by atoms with van der Waals surface area (Å²) in [5, 5.41) is -0.245. The van der Waals surface area contributed by atoms with Gasteiger partial charge in [0.25, 0.3) is 0 Å². The van der Waals surface area contributed by atoms with Crippen LogP contribution in [-0.2, 0) is 4.79 Å². The molecule has 0 unspecified atom stereocenters. The van der Waals surface area contributed by atoms with Gasteiger partial charge in [0.15, 0.2) is 5.78 Å². The van der Waals surface area contributed by atoms with E-state index in [0.29, 0.717) is 6.42 Å². The normalized spacial score (nSPS) is 10.7. The molecule has 0 amide bonds. The lowest BCUT2D eigenvalue weighted by molar-refractivity contribution is -0.118. The lowest BCUT2D eigenvalue weighted by Gasteiger charge is -2.06. The van der Waals surface area contributed by atoms with Crippen molar-refractivity contribution in [2.24, 2.45) is 0 Å². The first-order chi connectivity index (χ1) is 9.97. The first-order valence-corrected chi connectivity index (χ1v) is 7.91. The van der Waals surface area contributed by atoms with Gasteiger partial charge in [-0.2, -0.15) is 0 Å². The standard InChI is InChI=1S/C16H19Cl2FO2/c1-2-3-4-5-6-7-11(20)10-14(21)15-12(17)8-9-13(19)16(15)18/h8-9H,2-7,10H2,1H3. The van der Waals surface area contributed by atoms with Crippen molar-refractivity contribution in [1.29, 1.82) is 0 Å². The number of benzene rings is 1. The summed E-state index contributed by atoms with van der Waals surface area (Å²) in [6.07, 6.45) is 5.23. The maximum Gasteiger partial charge on any atom is 0.173 e. The molecule has 5 heteroatoms. The van der Waals surface area contributed by atoms with E-state index in [1.807, 2.05) is 0 Å². The molecule has 1 aromatic carbocycles. The molecule has 0 bridgehead atoms. The highest BCUT2D eigenvalue weighted by molar-refractivity contribution is 6.40. The maximum atomic E-state index is 13.4. The van der Waals surface area contributed by atoms with E-state index >= 15 is 0 Å². The molecule has 21 heavy (non-hydrogen) atoms. The first-order valence-electron chi connectivity index (χ1n) is 7.15. The van der Waals surface area contributed by atoms with Crippen LogP contribution in [0.5, 0.6) is 0 Å². The molecule has 0 saturated carbocycles. The minimum atomic E-state index is -0.712. The summed E-state index contributed by atoms with van der Waals surface area (Å²) < 4.78 is 13.4. The molecule has 0 aromatic heterocycles. The van der Waals surface area contributed by atoms with Gasteiger partial charge in [-0.1, -0.05) is 55.8 Å². The molecular formula is C16H19Cl2FO2. The molecule has 0 spiro atoms. The summed E-state index contributed by atoms with van der Waals surface area (Å²) in [7, 11) is 0. The van der Waals surface area contributed by atoms with Gasteiger partial charge in [-0.25, -0.2) is 4.39 Å². The number of rotatable bonds is 9. The van der Waals surface area contributed by atoms with Crippen LogP contribution in [0.4, 0.5) is 4.39 Å². The van der Waals surface area contributed by atoms with Gasteiger partial charge < -0.3 is 0 Å². The largest absolute Gasteiger partial charge is 0.299 e. The van der Waals surface area contributed by atoms with Crippen molar-refractivity contribution >= 4 is 34.8 Å². The highest BCUT2D eigenvalue weighted by Gasteiger charge is 2.20. The molecule has 0 heterocycles. The third-order valence-corrected chi connectivity index (χ3v) is 3.92. The molecule has 0 aliphatic rings. The topological polar surface area (TPSA) is 34.1 Å². The Balaban J connectivity index is 2.54. The zero-order chi connectivity index (χ0) is 15.8. The maximum absolute atomic E-state index is 13.4. The van der Waals surface area contributed by atoms with E-state index in [0.717, 1.165) is 38.2 Å². The smallest absolute Gasteiger partial charge is 0.173 e. The van der Waals surface area contributed by atoms with E-state index in [4.69, 9.17) is 23.2 Å². The summed E-state index contributed by atoms with van der Waals surface area (Å²) in [5.74, 6) is -1.40. The number of carbonyl (C=O) groups is 2. The third kappa shape index (κ3) is 5.76. The molecule has 0 atom stereocenters. The third-order valence-electron chi connectivity index (χ3n) is 3.24. The lowest BCUT2D eigenvalue weighted by Crippen LogP contribution is -2.10. The Morgan fingerprint density at radius 2 is 1.76 bits per heavy atom. The van der Waals surface area contributed by atoms with Crippen LogP contribution in [0.3, 0.4) is 0 Å². The minimum Gasteiger partial charge on any atom is -0.299 e. The fourth-order valence-corrected chi connectivity index (χ4v) is 2.65. The van der Waals surface area contributed by atoms with Gasteiger partial charge in [0.1, 0.15) is 11.6 Å². The first kappa shape index (κ1) is 18.1. The summed E-state index contributed by atoms with van der Waals surface area (Å²) in [6.45, 7) is 2.12. The van der Waals surface area contributed by atoms with E-state index in [1.165, 1.54) is 6.07 Å². The second kappa shape index (κ2) is 9.16. The van der Waals surface area contributed by atoms with Gasteiger partial charge in [-0.15, -0.1) is 0 Å². The molecule has 0 saturated heterocycles. The van der Waals surface area contributed by atoms with Gasteiger partial charge >= 0.3 is 0 Å². The number of hydrogen-bond donors (Lipinski definition) is 0. The molecule has 0 radical (unpaired) electrons. The fourth-order valence-electron chi connectivity index (χ4n) is 2.06. The van der Waals surface area contributed by atoms with Crippen LogP contribution in [-0.4, -0.2) is 11.6 Å². The fraction of sp³-hybridized carbons (Fsp3) is 0.500. The van der Waals surface area contributed by atoms with Crippen LogP contribution in [0.2, 0.25) is 10.0 Å². The molecule has 2 nitrogen and oxygen atoms in total. The van der Waals surface area contributed by atoms with E-state index < -0.39 is 11.6 Å². The van der Waals surface area contributed by atoms with Crippen molar-refractivity contribution in [2.45, 2.75) is 51.9 Å². The van der Waals surface area contributed by atoms with Crippen molar-refractivity contribution in [1.82, 2.24) is 0 Å². The van der Waals surface area contributed by atoms with Crippen LogP contribution >= 0.6 is 23.2 Å². The van der Waals surface area contributed by atoms with Crippen LogP contribution in [0.25, 0.3) is 0 Å². The van der Waals surface area contributed by atoms with Crippen molar-refractivity contribution in [3.05, 3.63) is 33.6 Å². The minimum absolute atomic E-state index is 0.0714. The summed E-state index contributed by atoms with van der Waals surface area (Å²) in [6, 6.07) is 2.36. The Labute approximate surface area is 134 Å². The Kier molecular flexibility index (Phi) is 7.91. The molecule has 116 valence electrons. The molecule has 0 aliphatic carbocycles. The highest BCUT2D eigenvalue weighted by Crippen LogP contribution is 2.28. The van der Waals surface area contributed by atoms with E-state index in [2.05, 4.69) is 6.92 Å². The second-order valence-electron chi connectivity index (χ2n) is 5.02. The van der Waals surface area contributed by atoms with E-state index in [9.17, 15) is 14.0 Å². The molecule has 1 aromatic rings. The predicted molar refractivity (Wildman–Crippen MR) is 83.8 cm³/mol. The molecule has 1 rings (SSSR count). The molecule has 0 N–H and O–H groups in total. The van der Waals surface area contributed by atoms with Crippen LogP contribution in [0.15, 0.2) is 12.1 Å². The van der Waals surface area contributed by atoms with Gasteiger partial charge in [0.2, 0.25) is 0 Å². The van der Waals surface area contributed by atoms with Crippen molar-refractivity contribution < 1.29 is 14.0 Å². The quantitative estimate of drug-likeness (QED) is 0.254. The van der Waals surface area contributed by atoms with Crippen LogP contribution in [0.1, 0.15) is 62.2 Å². The molecule has 0 aliphatic heterocycles. The summed E-state index contributed by atoms with van der Waals surface area (Å²) in [5.41, 5.74) is -0.0994. The SMILES string of the molecule is CCCCCCCC(=O)CC(=O)c1c(Cl)ccc(F)c1Cl. The summed E-state index contributed by atoms with van der Waals surface area (Å²) in [4.78, 5) is 23.8. The Morgan fingerprint density at radius 3 is 2.43 bits per heavy atom. The number of hydrogen-bond acceptors (Lipinski definition) is 2. The predicted octanol–water partition coefficient (Wildman–Crippen LogP) is 5.63. The monoisotopic (exact) mass is 332 g/mol. The zero-order valence-corrected chi connectivity index (χ0v) is 13.6. The zero-order valence-electron chi connectivity index (χ0n) is 12.1. The van der Waals surface area contributed by atoms with Gasteiger partial charge in [0.05, 0.1) is 22.0 Å². The van der Waals surface area contributed by atoms with Gasteiger partial charge in [0, 0.05) is 6.42 Å². The van der Waals surface area contributed by atoms with Crippen molar-refractivity contribution in [3.63, 3.8) is 0 Å². The number of carbonyl (C=O) groups excluding carboxylic acids is 2.